The molecule has 1 N–H and O–H groups in total. The summed E-state index contributed by atoms with van der Waals surface area (Å²) in [5.74, 6) is -0.585. The summed E-state index contributed by atoms with van der Waals surface area (Å²) in [5, 5.41) is 2.59. The van der Waals surface area contributed by atoms with E-state index < -0.39 is 5.97 Å². The lowest BCUT2D eigenvalue weighted by Crippen LogP contribution is -2.20. The van der Waals surface area contributed by atoms with E-state index in [1.54, 1.807) is 26.1 Å². The molecule has 0 atom stereocenters. The molecule has 0 spiro atoms. The van der Waals surface area contributed by atoms with Gasteiger partial charge in [-0.3, -0.25) is 4.79 Å². The molecule has 1 rings (SSSR count). The van der Waals surface area contributed by atoms with E-state index in [1.807, 2.05) is 19.1 Å². The molecule has 0 bridgehead atoms. The molecule has 4 heteroatoms. The third-order valence-electron chi connectivity index (χ3n) is 2.44. The number of esters is 1. The van der Waals surface area contributed by atoms with Crippen LogP contribution in [0.3, 0.4) is 0 Å². The third kappa shape index (κ3) is 3.45. The molecule has 1 aromatic rings. The maximum atomic E-state index is 11.8. The summed E-state index contributed by atoms with van der Waals surface area (Å²) in [6.45, 7) is 3.93. The van der Waals surface area contributed by atoms with Crippen molar-refractivity contribution in [1.29, 1.82) is 0 Å². The normalized spacial score (nSPS) is 10.4. The Morgan fingerprint density at radius 1 is 1.39 bits per heavy atom. The van der Waals surface area contributed by atoms with E-state index in [4.69, 9.17) is 4.74 Å². The molecule has 0 aromatic heterocycles. The first-order valence-electron chi connectivity index (χ1n) is 5.76. The van der Waals surface area contributed by atoms with Gasteiger partial charge >= 0.3 is 5.97 Å². The zero-order chi connectivity index (χ0) is 13.5. The lowest BCUT2D eigenvalue weighted by Gasteiger charge is -2.08. The van der Waals surface area contributed by atoms with Crippen LogP contribution in [0, 0.1) is 6.92 Å². The lowest BCUT2D eigenvalue weighted by atomic mass is 10.0. The number of hydrogen-bond acceptors (Lipinski definition) is 3. The third-order valence-corrected chi connectivity index (χ3v) is 2.44. The second kappa shape index (κ2) is 6.59. The predicted octanol–water partition coefficient (Wildman–Crippen LogP) is 1.93. The highest BCUT2D eigenvalue weighted by Gasteiger charge is 2.10. The van der Waals surface area contributed by atoms with Crippen molar-refractivity contribution in [2.45, 2.75) is 13.8 Å². The molecule has 0 aliphatic carbocycles. The van der Waals surface area contributed by atoms with Crippen molar-refractivity contribution in [3.63, 3.8) is 0 Å². The van der Waals surface area contributed by atoms with Gasteiger partial charge in [0.2, 0.25) is 0 Å². The SMILES string of the molecule is CCOC(=O)/C=C/c1cccc(C)c1C(=O)NC. The molecule has 0 heterocycles. The zero-order valence-electron chi connectivity index (χ0n) is 10.8. The molecule has 0 unspecified atom stereocenters. The Morgan fingerprint density at radius 3 is 2.72 bits per heavy atom. The number of benzene rings is 1. The van der Waals surface area contributed by atoms with Gasteiger partial charge in [0.1, 0.15) is 0 Å². The maximum Gasteiger partial charge on any atom is 0.330 e. The highest BCUT2D eigenvalue weighted by atomic mass is 16.5. The smallest absolute Gasteiger partial charge is 0.330 e. The Morgan fingerprint density at radius 2 is 2.11 bits per heavy atom. The highest BCUT2D eigenvalue weighted by molar-refractivity contribution is 6.00. The molecular formula is C14H17NO3. The lowest BCUT2D eigenvalue weighted by molar-refractivity contribution is -0.137. The highest BCUT2D eigenvalue weighted by Crippen LogP contribution is 2.15. The Balaban J connectivity index is 3.05. The molecule has 0 aliphatic rings. The van der Waals surface area contributed by atoms with E-state index in [-0.39, 0.29) is 5.91 Å². The molecule has 0 saturated carbocycles. The molecule has 1 aromatic carbocycles. The number of carbonyl (C=O) groups is 2. The first kappa shape index (κ1) is 14.0. The van der Waals surface area contributed by atoms with Gasteiger partial charge < -0.3 is 10.1 Å². The van der Waals surface area contributed by atoms with Gasteiger partial charge in [-0.25, -0.2) is 4.79 Å². The fourth-order valence-electron chi connectivity index (χ4n) is 1.61. The first-order chi connectivity index (χ1) is 8.60. The van der Waals surface area contributed by atoms with Gasteiger partial charge in [0.25, 0.3) is 5.91 Å². The number of ether oxygens (including phenoxy) is 1. The number of rotatable bonds is 4. The number of nitrogens with one attached hydrogen (secondary N) is 1. The van der Waals surface area contributed by atoms with E-state index in [1.165, 1.54) is 6.08 Å². The fourth-order valence-corrected chi connectivity index (χ4v) is 1.61. The second-order valence-electron chi connectivity index (χ2n) is 3.70. The topological polar surface area (TPSA) is 55.4 Å². The minimum Gasteiger partial charge on any atom is -0.463 e. The van der Waals surface area contributed by atoms with Crippen molar-refractivity contribution >= 4 is 18.0 Å². The molecule has 1 amide bonds. The van der Waals surface area contributed by atoms with Gasteiger partial charge in [0, 0.05) is 18.7 Å². The largest absolute Gasteiger partial charge is 0.463 e. The van der Waals surface area contributed by atoms with Crippen LogP contribution in [0.1, 0.15) is 28.4 Å². The zero-order valence-corrected chi connectivity index (χ0v) is 10.8. The van der Waals surface area contributed by atoms with E-state index in [2.05, 4.69) is 5.32 Å². The number of carbonyl (C=O) groups excluding carboxylic acids is 2. The van der Waals surface area contributed by atoms with Crippen molar-refractivity contribution in [2.24, 2.45) is 0 Å². The molecule has 0 fully saturated rings. The first-order valence-corrected chi connectivity index (χ1v) is 5.76. The summed E-state index contributed by atoms with van der Waals surface area (Å²) in [4.78, 5) is 23.0. The van der Waals surface area contributed by atoms with Gasteiger partial charge in [0.15, 0.2) is 0 Å². The van der Waals surface area contributed by atoms with Crippen LogP contribution in [0.5, 0.6) is 0 Å². The Labute approximate surface area is 107 Å². The second-order valence-corrected chi connectivity index (χ2v) is 3.70. The van der Waals surface area contributed by atoms with E-state index in [9.17, 15) is 9.59 Å². The summed E-state index contributed by atoms with van der Waals surface area (Å²) >= 11 is 0. The van der Waals surface area contributed by atoms with Crippen molar-refractivity contribution in [3.05, 3.63) is 41.0 Å². The average molecular weight is 247 g/mol. The van der Waals surface area contributed by atoms with Crippen LogP contribution in [-0.4, -0.2) is 25.5 Å². The average Bonchev–Trinajstić information content (AvgIpc) is 2.36. The minimum absolute atomic E-state index is 0.170. The van der Waals surface area contributed by atoms with Crippen LogP contribution in [-0.2, 0) is 9.53 Å². The van der Waals surface area contributed by atoms with Crippen LogP contribution < -0.4 is 5.32 Å². The summed E-state index contributed by atoms with van der Waals surface area (Å²) in [6.07, 6.45) is 2.92. The fraction of sp³-hybridized carbons (Fsp3) is 0.286. The number of amides is 1. The number of aryl methyl sites for hydroxylation is 1. The van der Waals surface area contributed by atoms with Crippen LogP contribution in [0.25, 0.3) is 6.08 Å². The summed E-state index contributed by atoms with van der Waals surface area (Å²) in [7, 11) is 1.58. The summed E-state index contributed by atoms with van der Waals surface area (Å²) < 4.78 is 4.79. The molecule has 0 saturated heterocycles. The van der Waals surface area contributed by atoms with Crippen molar-refractivity contribution < 1.29 is 14.3 Å². The molecule has 4 nitrogen and oxygen atoms in total. The van der Waals surface area contributed by atoms with Gasteiger partial charge in [-0.2, -0.15) is 0 Å². The summed E-state index contributed by atoms with van der Waals surface area (Å²) in [5.41, 5.74) is 2.13. The Kier molecular flexibility index (Phi) is 5.11. The van der Waals surface area contributed by atoms with Gasteiger partial charge in [0.05, 0.1) is 6.61 Å². The Bertz CT molecular complexity index is 478. The van der Waals surface area contributed by atoms with E-state index >= 15 is 0 Å². The van der Waals surface area contributed by atoms with Gasteiger partial charge in [-0.05, 0) is 31.1 Å². The Hall–Kier alpha value is -2.10. The summed E-state index contributed by atoms with van der Waals surface area (Å²) in [6, 6.07) is 5.48. The monoisotopic (exact) mass is 247 g/mol. The molecule has 0 aliphatic heterocycles. The van der Waals surface area contributed by atoms with E-state index in [0.29, 0.717) is 17.7 Å². The molecular weight excluding hydrogens is 230 g/mol. The minimum atomic E-state index is -0.415. The van der Waals surface area contributed by atoms with Crippen molar-refractivity contribution in [1.82, 2.24) is 5.32 Å². The maximum absolute atomic E-state index is 11.8. The molecule has 96 valence electrons. The van der Waals surface area contributed by atoms with Gasteiger partial charge in [-0.15, -0.1) is 0 Å². The van der Waals surface area contributed by atoms with Crippen molar-refractivity contribution in [3.8, 4) is 0 Å². The van der Waals surface area contributed by atoms with Crippen LogP contribution in [0.15, 0.2) is 24.3 Å². The number of hydrogen-bond donors (Lipinski definition) is 1. The predicted molar refractivity (Wildman–Crippen MR) is 70.2 cm³/mol. The molecule has 0 radical (unpaired) electrons. The standard InChI is InChI=1S/C14H17NO3/c1-4-18-12(16)9-8-11-7-5-6-10(2)13(11)14(17)15-3/h5-9H,4H2,1-3H3,(H,15,17)/b9-8+. The van der Waals surface area contributed by atoms with Crippen LogP contribution in [0.4, 0.5) is 0 Å². The van der Waals surface area contributed by atoms with E-state index in [0.717, 1.165) is 5.56 Å². The van der Waals surface area contributed by atoms with Crippen LogP contribution >= 0.6 is 0 Å². The van der Waals surface area contributed by atoms with Gasteiger partial charge in [-0.1, -0.05) is 18.2 Å². The quantitative estimate of drug-likeness (QED) is 0.653. The van der Waals surface area contributed by atoms with Crippen LogP contribution in [0.2, 0.25) is 0 Å². The molecule has 18 heavy (non-hydrogen) atoms. The van der Waals surface area contributed by atoms with Crippen molar-refractivity contribution in [2.75, 3.05) is 13.7 Å².